The van der Waals surface area contributed by atoms with Crippen LogP contribution in [0.5, 0.6) is 5.75 Å². The zero-order valence-electron chi connectivity index (χ0n) is 19.4. The number of carbonyl (C=O) groups excluding carboxylic acids is 1. The van der Waals surface area contributed by atoms with Crippen LogP contribution in [0.3, 0.4) is 0 Å². The van der Waals surface area contributed by atoms with Crippen molar-refractivity contribution < 1.29 is 19.2 Å². The third kappa shape index (κ3) is 5.37. The number of rotatable bonds is 8. The van der Waals surface area contributed by atoms with E-state index in [1.165, 1.54) is 23.0 Å². The summed E-state index contributed by atoms with van der Waals surface area (Å²) in [6, 6.07) is 11.4. The topological polar surface area (TPSA) is 126 Å². The summed E-state index contributed by atoms with van der Waals surface area (Å²) >= 11 is 0. The molecule has 182 valence electrons. The number of carbonyl (C=O) groups is 1. The van der Waals surface area contributed by atoms with E-state index in [9.17, 15) is 19.7 Å². The van der Waals surface area contributed by atoms with Gasteiger partial charge >= 0.3 is 11.7 Å². The van der Waals surface area contributed by atoms with Crippen LogP contribution in [0.15, 0.2) is 52.4 Å². The highest BCUT2D eigenvalue weighted by molar-refractivity contribution is 5.86. The molecule has 0 aliphatic heterocycles. The zero-order chi connectivity index (χ0) is 24.8. The lowest BCUT2D eigenvalue weighted by Gasteiger charge is -2.22. The summed E-state index contributed by atoms with van der Waals surface area (Å²) in [7, 11) is 0. The number of nitrogens with zero attached hydrogens (tertiary/aromatic N) is 4. The minimum absolute atomic E-state index is 0.0860. The lowest BCUT2D eigenvalue weighted by atomic mass is 9.88. The van der Waals surface area contributed by atoms with Gasteiger partial charge in [0, 0.05) is 17.5 Å². The largest absolute Gasteiger partial charge is 0.474 e. The minimum Gasteiger partial charge on any atom is -0.474 e. The van der Waals surface area contributed by atoms with Crippen LogP contribution in [-0.2, 0) is 9.53 Å². The maximum atomic E-state index is 13.4. The van der Waals surface area contributed by atoms with E-state index in [0.29, 0.717) is 16.7 Å². The van der Waals surface area contributed by atoms with E-state index in [-0.39, 0.29) is 35.1 Å². The van der Waals surface area contributed by atoms with E-state index in [4.69, 9.17) is 14.5 Å². The molecule has 0 atom stereocenters. The molecule has 0 N–H and O–H groups in total. The van der Waals surface area contributed by atoms with E-state index in [0.717, 1.165) is 32.1 Å². The number of ether oxygens (including phenoxy) is 2. The summed E-state index contributed by atoms with van der Waals surface area (Å²) in [5, 5.41) is 16.4. The van der Waals surface area contributed by atoms with Crippen molar-refractivity contribution in [2.24, 2.45) is 5.10 Å². The molecule has 10 heteroatoms. The fourth-order valence-electron chi connectivity index (χ4n) is 4.28. The smallest absolute Gasteiger partial charge is 0.344 e. The SMILES string of the molecule is CCOC(=O)COc1c(C=Nn2c(C3CCCCC3)nc3ccccc3c2=O)cccc1[N+](=O)[O-]. The van der Waals surface area contributed by atoms with E-state index in [1.807, 2.05) is 6.07 Å². The number of fused-ring (bicyclic) bond motifs is 1. The molecule has 0 radical (unpaired) electrons. The third-order valence-electron chi connectivity index (χ3n) is 5.92. The fraction of sp³-hybridized carbons (Fsp3) is 0.360. The molecule has 1 heterocycles. The molecule has 0 saturated heterocycles. The normalized spacial score (nSPS) is 14.3. The molecule has 1 saturated carbocycles. The van der Waals surface area contributed by atoms with Crippen LogP contribution in [-0.4, -0.2) is 40.0 Å². The van der Waals surface area contributed by atoms with Crippen molar-refractivity contribution in [3.05, 3.63) is 74.3 Å². The summed E-state index contributed by atoms with van der Waals surface area (Å²) in [6.07, 6.45) is 6.39. The monoisotopic (exact) mass is 478 g/mol. The molecule has 3 aromatic rings. The van der Waals surface area contributed by atoms with Crippen LogP contribution in [0.1, 0.15) is 56.3 Å². The highest BCUT2D eigenvalue weighted by Gasteiger charge is 2.23. The lowest BCUT2D eigenvalue weighted by molar-refractivity contribution is -0.385. The van der Waals surface area contributed by atoms with Crippen LogP contribution < -0.4 is 10.3 Å². The van der Waals surface area contributed by atoms with Crippen LogP contribution in [0, 0.1) is 10.1 Å². The average molecular weight is 479 g/mol. The maximum absolute atomic E-state index is 13.4. The second-order valence-corrected chi connectivity index (χ2v) is 8.23. The molecule has 35 heavy (non-hydrogen) atoms. The number of benzene rings is 2. The molecular weight excluding hydrogens is 452 g/mol. The van der Waals surface area contributed by atoms with E-state index in [2.05, 4.69) is 5.10 Å². The number of nitro groups is 1. The van der Waals surface area contributed by atoms with Gasteiger partial charge in [0.05, 0.1) is 28.6 Å². The fourth-order valence-corrected chi connectivity index (χ4v) is 4.28. The van der Waals surface area contributed by atoms with Gasteiger partial charge in [0.25, 0.3) is 5.56 Å². The number of hydrogen-bond acceptors (Lipinski definition) is 8. The molecule has 10 nitrogen and oxygen atoms in total. The molecule has 1 aliphatic rings. The van der Waals surface area contributed by atoms with Gasteiger partial charge in [0.2, 0.25) is 5.75 Å². The Hall–Kier alpha value is -4.08. The Morgan fingerprint density at radius 2 is 1.97 bits per heavy atom. The van der Waals surface area contributed by atoms with Gasteiger partial charge < -0.3 is 9.47 Å². The van der Waals surface area contributed by atoms with Gasteiger partial charge in [-0.1, -0.05) is 37.5 Å². The van der Waals surface area contributed by atoms with E-state index < -0.39 is 17.5 Å². The molecule has 2 aromatic carbocycles. The highest BCUT2D eigenvalue weighted by Crippen LogP contribution is 2.32. The first-order valence-electron chi connectivity index (χ1n) is 11.6. The average Bonchev–Trinajstić information content (AvgIpc) is 2.87. The van der Waals surface area contributed by atoms with Crippen LogP contribution in [0.4, 0.5) is 5.69 Å². The predicted octanol–water partition coefficient (Wildman–Crippen LogP) is 4.18. The second-order valence-electron chi connectivity index (χ2n) is 8.23. The molecule has 0 bridgehead atoms. The molecule has 0 unspecified atom stereocenters. The summed E-state index contributed by atoms with van der Waals surface area (Å²) in [4.78, 5) is 40.9. The van der Waals surface area contributed by atoms with Crippen molar-refractivity contribution in [3.63, 3.8) is 0 Å². The van der Waals surface area contributed by atoms with Gasteiger partial charge in [-0.2, -0.15) is 9.78 Å². The summed E-state index contributed by atoms with van der Waals surface area (Å²) < 4.78 is 11.6. The zero-order valence-corrected chi connectivity index (χ0v) is 19.4. The number of hydrogen-bond donors (Lipinski definition) is 0. The first-order valence-corrected chi connectivity index (χ1v) is 11.6. The van der Waals surface area contributed by atoms with Gasteiger partial charge in [-0.15, -0.1) is 0 Å². The molecular formula is C25H26N4O6. The van der Waals surface area contributed by atoms with E-state index >= 15 is 0 Å². The van der Waals surface area contributed by atoms with E-state index in [1.54, 1.807) is 31.2 Å². The Morgan fingerprint density at radius 1 is 1.20 bits per heavy atom. The van der Waals surface area contributed by atoms with Crippen molar-refractivity contribution in [2.75, 3.05) is 13.2 Å². The second kappa shape index (κ2) is 10.9. The number of nitro benzene ring substituents is 1. The third-order valence-corrected chi connectivity index (χ3v) is 5.92. The van der Waals surface area contributed by atoms with Gasteiger partial charge in [0.15, 0.2) is 6.61 Å². The summed E-state index contributed by atoms with van der Waals surface area (Å²) in [6.45, 7) is 1.32. The molecule has 1 fully saturated rings. The van der Waals surface area contributed by atoms with Crippen molar-refractivity contribution in [2.45, 2.75) is 44.9 Å². The Bertz CT molecular complexity index is 1330. The van der Waals surface area contributed by atoms with Gasteiger partial charge in [0.1, 0.15) is 5.82 Å². The maximum Gasteiger partial charge on any atom is 0.344 e. The predicted molar refractivity (Wildman–Crippen MR) is 130 cm³/mol. The first kappa shape index (κ1) is 24.1. The highest BCUT2D eigenvalue weighted by atomic mass is 16.6. The van der Waals surface area contributed by atoms with Gasteiger partial charge in [-0.25, -0.2) is 9.78 Å². The standard InChI is InChI=1S/C25H26N4O6/c1-2-34-22(30)16-35-23-18(11-8-14-21(23)29(32)33)15-26-28-24(17-9-4-3-5-10-17)27-20-13-7-6-12-19(20)25(28)31/h6-8,11-15,17H,2-5,9-10,16H2,1H3. The number of aromatic nitrogens is 2. The molecule has 0 amide bonds. The molecule has 0 spiro atoms. The first-order chi connectivity index (χ1) is 17.0. The van der Waals surface area contributed by atoms with Crippen molar-refractivity contribution in [1.82, 2.24) is 9.66 Å². The summed E-state index contributed by atoms with van der Waals surface area (Å²) in [5.41, 5.74) is 0.220. The number of para-hydroxylation sites is 2. The number of esters is 1. The molecule has 4 rings (SSSR count). The Morgan fingerprint density at radius 3 is 2.71 bits per heavy atom. The molecule has 1 aliphatic carbocycles. The Balaban J connectivity index is 1.78. The summed E-state index contributed by atoms with van der Waals surface area (Å²) in [5.74, 6) is -0.120. The van der Waals surface area contributed by atoms with Crippen molar-refractivity contribution in [3.8, 4) is 5.75 Å². The van der Waals surface area contributed by atoms with Crippen LogP contribution in [0.2, 0.25) is 0 Å². The van der Waals surface area contributed by atoms with Crippen molar-refractivity contribution >= 4 is 28.8 Å². The van der Waals surface area contributed by atoms with Crippen molar-refractivity contribution in [1.29, 1.82) is 0 Å². The Labute approximate surface area is 201 Å². The van der Waals surface area contributed by atoms with Crippen LogP contribution >= 0.6 is 0 Å². The quantitative estimate of drug-likeness (QED) is 0.206. The molecule has 1 aromatic heterocycles. The minimum atomic E-state index is -0.650. The Kier molecular flexibility index (Phi) is 7.49. The van der Waals surface area contributed by atoms with Gasteiger partial charge in [-0.05, 0) is 38.0 Å². The van der Waals surface area contributed by atoms with Crippen LogP contribution in [0.25, 0.3) is 10.9 Å². The lowest BCUT2D eigenvalue weighted by Crippen LogP contribution is -2.25. The van der Waals surface area contributed by atoms with Gasteiger partial charge in [-0.3, -0.25) is 14.9 Å².